The number of amidine groups is 1. The van der Waals surface area contributed by atoms with Crippen molar-refractivity contribution in [1.82, 2.24) is 0 Å². The fourth-order valence-corrected chi connectivity index (χ4v) is 5.13. The Morgan fingerprint density at radius 1 is 1.55 bits per heavy atom. The van der Waals surface area contributed by atoms with E-state index in [1.165, 1.54) is 0 Å². The summed E-state index contributed by atoms with van der Waals surface area (Å²) in [4.78, 5) is 0.314. The van der Waals surface area contributed by atoms with Crippen LogP contribution in [0.4, 0.5) is 0 Å². The van der Waals surface area contributed by atoms with E-state index in [-0.39, 0.29) is 18.9 Å². The quantitative estimate of drug-likeness (QED) is 0.380. The van der Waals surface area contributed by atoms with Gasteiger partial charge in [-0.2, -0.15) is 0 Å². The van der Waals surface area contributed by atoms with Gasteiger partial charge in [-0.15, -0.1) is 0 Å². The third-order valence-electron chi connectivity index (χ3n) is 4.39. The summed E-state index contributed by atoms with van der Waals surface area (Å²) in [6.45, 7) is 3.97. The smallest absolute Gasteiger partial charge is 0.184 e. The monoisotopic (exact) mass is 326 g/mol. The first kappa shape index (κ1) is 16.8. The summed E-state index contributed by atoms with van der Waals surface area (Å²) in [5.41, 5.74) is 6.51. The number of oxime groups is 1. The molecule has 2 atom stereocenters. The average Bonchev–Trinajstić information content (AvgIpc) is 2.53. The van der Waals surface area contributed by atoms with Crippen LogP contribution in [0.2, 0.25) is 0 Å². The summed E-state index contributed by atoms with van der Waals surface area (Å²) in [7, 11) is -3.54. The van der Waals surface area contributed by atoms with Gasteiger partial charge in [0.1, 0.15) is 6.10 Å². The van der Waals surface area contributed by atoms with E-state index >= 15 is 0 Å². The number of nitrogens with zero attached hydrogens (tertiary/aromatic N) is 1. The number of benzene rings is 1. The SMILES string of the molecule is CCC1(S(=O)(=O)c2cccc(C)c2)CCOC(/C(N)=N/O)C1. The maximum Gasteiger partial charge on any atom is 0.184 e. The van der Waals surface area contributed by atoms with Crippen LogP contribution in [-0.2, 0) is 14.6 Å². The van der Waals surface area contributed by atoms with Crippen molar-refractivity contribution < 1.29 is 18.4 Å². The van der Waals surface area contributed by atoms with Crippen molar-refractivity contribution in [2.45, 2.75) is 48.9 Å². The largest absolute Gasteiger partial charge is 0.409 e. The van der Waals surface area contributed by atoms with Gasteiger partial charge in [-0.05, 0) is 37.5 Å². The topological polar surface area (TPSA) is 102 Å². The molecule has 0 bridgehead atoms. The lowest BCUT2D eigenvalue weighted by atomic mass is 9.91. The van der Waals surface area contributed by atoms with Crippen LogP contribution in [0.1, 0.15) is 31.7 Å². The van der Waals surface area contributed by atoms with E-state index in [1.807, 2.05) is 19.9 Å². The molecule has 6 nitrogen and oxygen atoms in total. The molecule has 0 saturated carbocycles. The number of sulfone groups is 1. The molecule has 2 rings (SSSR count). The first-order valence-electron chi connectivity index (χ1n) is 7.26. The molecule has 2 unspecified atom stereocenters. The standard InChI is InChI=1S/C15H22N2O4S/c1-3-15(7-8-21-13(10-15)14(16)17-18)22(19,20)12-6-4-5-11(2)9-12/h4-6,9,13,18H,3,7-8,10H2,1-2H3,(H2,16,17). The van der Waals surface area contributed by atoms with Crippen molar-refractivity contribution >= 4 is 15.7 Å². The minimum absolute atomic E-state index is 0.0861. The highest BCUT2D eigenvalue weighted by molar-refractivity contribution is 7.92. The van der Waals surface area contributed by atoms with E-state index in [9.17, 15) is 8.42 Å². The Morgan fingerprint density at radius 2 is 2.27 bits per heavy atom. The second kappa shape index (κ2) is 6.26. The Morgan fingerprint density at radius 3 is 2.86 bits per heavy atom. The predicted molar refractivity (Wildman–Crippen MR) is 83.8 cm³/mol. The molecule has 0 radical (unpaired) electrons. The highest BCUT2D eigenvalue weighted by Crippen LogP contribution is 2.39. The van der Waals surface area contributed by atoms with Gasteiger partial charge in [0.2, 0.25) is 0 Å². The number of ether oxygens (including phenoxy) is 1. The first-order chi connectivity index (χ1) is 10.4. The molecular formula is C15H22N2O4S. The van der Waals surface area contributed by atoms with Crippen LogP contribution >= 0.6 is 0 Å². The summed E-state index contributed by atoms with van der Waals surface area (Å²) >= 11 is 0. The third-order valence-corrected chi connectivity index (χ3v) is 7.07. The van der Waals surface area contributed by atoms with Crippen LogP contribution < -0.4 is 5.73 Å². The summed E-state index contributed by atoms with van der Waals surface area (Å²) in [6.07, 6.45) is 0.352. The van der Waals surface area contributed by atoms with Crippen LogP contribution in [0.5, 0.6) is 0 Å². The second-order valence-corrected chi connectivity index (χ2v) is 8.04. The summed E-state index contributed by atoms with van der Waals surface area (Å²) in [6, 6.07) is 6.90. The zero-order chi connectivity index (χ0) is 16.4. The highest BCUT2D eigenvalue weighted by Gasteiger charge is 2.48. The molecule has 1 aliphatic rings. The molecule has 0 aromatic heterocycles. The number of rotatable bonds is 4. The minimum Gasteiger partial charge on any atom is -0.409 e. The van der Waals surface area contributed by atoms with Crippen LogP contribution in [0.25, 0.3) is 0 Å². The number of nitrogens with two attached hydrogens (primary N) is 1. The minimum atomic E-state index is -3.54. The van der Waals surface area contributed by atoms with Crippen LogP contribution in [0, 0.1) is 6.92 Å². The van der Waals surface area contributed by atoms with E-state index in [0.29, 0.717) is 17.7 Å². The van der Waals surface area contributed by atoms with Gasteiger partial charge in [-0.3, -0.25) is 0 Å². The number of hydrogen-bond donors (Lipinski definition) is 2. The Hall–Kier alpha value is -1.60. The molecule has 122 valence electrons. The summed E-state index contributed by atoms with van der Waals surface area (Å²) in [5, 5.41) is 11.8. The molecule has 7 heteroatoms. The predicted octanol–water partition coefficient (Wildman–Crippen LogP) is 1.84. The van der Waals surface area contributed by atoms with E-state index in [4.69, 9.17) is 15.7 Å². The fourth-order valence-electron chi connectivity index (χ4n) is 2.93. The molecule has 0 spiro atoms. The van der Waals surface area contributed by atoms with Gasteiger partial charge in [-0.25, -0.2) is 8.42 Å². The van der Waals surface area contributed by atoms with Crippen molar-refractivity contribution in [3.63, 3.8) is 0 Å². The summed E-state index contributed by atoms with van der Waals surface area (Å²) < 4.78 is 30.8. The van der Waals surface area contributed by atoms with Gasteiger partial charge in [0, 0.05) is 13.0 Å². The normalized spacial score (nSPS) is 26.8. The number of hydrogen-bond acceptors (Lipinski definition) is 5. The van der Waals surface area contributed by atoms with E-state index < -0.39 is 20.7 Å². The van der Waals surface area contributed by atoms with Gasteiger partial charge < -0.3 is 15.7 Å². The number of aryl methyl sites for hydroxylation is 1. The van der Waals surface area contributed by atoms with Crippen molar-refractivity contribution in [1.29, 1.82) is 0 Å². The van der Waals surface area contributed by atoms with Crippen molar-refractivity contribution in [3.05, 3.63) is 29.8 Å². The molecule has 0 amide bonds. The van der Waals surface area contributed by atoms with Crippen LogP contribution in [0.15, 0.2) is 34.3 Å². The fraction of sp³-hybridized carbons (Fsp3) is 0.533. The Balaban J connectivity index is 2.45. The van der Waals surface area contributed by atoms with Gasteiger partial charge in [-0.1, -0.05) is 24.2 Å². The Kier molecular flexibility index (Phi) is 4.77. The molecule has 1 aromatic rings. The van der Waals surface area contributed by atoms with Crippen molar-refractivity contribution in [3.8, 4) is 0 Å². The molecule has 1 heterocycles. The molecule has 1 aromatic carbocycles. The van der Waals surface area contributed by atoms with Gasteiger partial charge in [0.05, 0.1) is 9.64 Å². The van der Waals surface area contributed by atoms with E-state index in [1.54, 1.807) is 18.2 Å². The Bertz CT molecular complexity index is 672. The lowest BCUT2D eigenvalue weighted by molar-refractivity contribution is 0.0352. The van der Waals surface area contributed by atoms with Crippen LogP contribution in [0.3, 0.4) is 0 Å². The lowest BCUT2D eigenvalue weighted by Crippen LogP contribution is -2.50. The molecule has 22 heavy (non-hydrogen) atoms. The van der Waals surface area contributed by atoms with Crippen molar-refractivity contribution in [2.24, 2.45) is 10.9 Å². The molecule has 1 fully saturated rings. The van der Waals surface area contributed by atoms with Gasteiger partial charge in [0.25, 0.3) is 0 Å². The molecule has 1 aliphatic heterocycles. The zero-order valence-corrected chi connectivity index (χ0v) is 13.6. The van der Waals surface area contributed by atoms with Gasteiger partial charge in [0.15, 0.2) is 15.7 Å². The second-order valence-electron chi connectivity index (χ2n) is 5.69. The molecular weight excluding hydrogens is 304 g/mol. The average molecular weight is 326 g/mol. The zero-order valence-electron chi connectivity index (χ0n) is 12.8. The highest BCUT2D eigenvalue weighted by atomic mass is 32.2. The van der Waals surface area contributed by atoms with Crippen LogP contribution in [-0.4, -0.2) is 36.9 Å². The lowest BCUT2D eigenvalue weighted by Gasteiger charge is -2.39. The van der Waals surface area contributed by atoms with Crippen molar-refractivity contribution in [2.75, 3.05) is 6.61 Å². The maximum absolute atomic E-state index is 13.2. The van der Waals surface area contributed by atoms with Gasteiger partial charge >= 0.3 is 0 Å². The maximum atomic E-state index is 13.2. The first-order valence-corrected chi connectivity index (χ1v) is 8.75. The summed E-state index contributed by atoms with van der Waals surface area (Å²) in [5.74, 6) is -0.0861. The molecule has 1 saturated heterocycles. The third kappa shape index (κ3) is 2.83. The molecule has 3 N–H and O–H groups in total. The Labute approximate surface area is 130 Å². The molecule has 0 aliphatic carbocycles. The van der Waals surface area contributed by atoms with E-state index in [2.05, 4.69) is 5.16 Å². The van der Waals surface area contributed by atoms with E-state index in [0.717, 1.165) is 5.56 Å².